The lowest BCUT2D eigenvalue weighted by molar-refractivity contribution is 0.0886. The minimum atomic E-state index is -0.761. The minimum Gasteiger partial charge on any atom is -0.317 e. The molecule has 16 heavy (non-hydrogen) atoms. The number of carbonyl (C=O) groups excluding carboxylic acids is 1. The number of ketones is 1. The van der Waals surface area contributed by atoms with Crippen LogP contribution in [0.15, 0.2) is 18.2 Å². The molecular weight excluding hydrogens is 212 g/mol. The lowest BCUT2D eigenvalue weighted by Gasteiger charge is -2.21. The standard InChI is InChI=1S/C12H13F2NO/c13-9-2-1-3-10(14)11(9)12(16)8-4-6-15-7-5-8/h1-3,8,15H,4-7H2. The molecule has 0 saturated carbocycles. The van der Waals surface area contributed by atoms with Gasteiger partial charge in [-0.25, -0.2) is 8.78 Å². The van der Waals surface area contributed by atoms with Crippen LogP contribution in [0.2, 0.25) is 0 Å². The van der Waals surface area contributed by atoms with Gasteiger partial charge in [-0.2, -0.15) is 0 Å². The van der Waals surface area contributed by atoms with Gasteiger partial charge in [0, 0.05) is 5.92 Å². The van der Waals surface area contributed by atoms with Crippen molar-refractivity contribution in [2.75, 3.05) is 13.1 Å². The maximum Gasteiger partial charge on any atom is 0.171 e. The Hall–Kier alpha value is -1.29. The Morgan fingerprint density at radius 2 is 1.75 bits per heavy atom. The number of benzene rings is 1. The van der Waals surface area contributed by atoms with Crippen molar-refractivity contribution in [1.29, 1.82) is 0 Å². The summed E-state index contributed by atoms with van der Waals surface area (Å²) in [7, 11) is 0. The van der Waals surface area contributed by atoms with Gasteiger partial charge in [-0.1, -0.05) is 6.07 Å². The number of carbonyl (C=O) groups is 1. The molecule has 1 N–H and O–H groups in total. The van der Waals surface area contributed by atoms with E-state index in [4.69, 9.17) is 0 Å². The second-order valence-electron chi connectivity index (χ2n) is 3.99. The van der Waals surface area contributed by atoms with Crippen LogP contribution in [-0.4, -0.2) is 18.9 Å². The molecule has 0 bridgehead atoms. The fourth-order valence-corrected chi connectivity index (χ4v) is 2.02. The second kappa shape index (κ2) is 4.70. The summed E-state index contributed by atoms with van der Waals surface area (Å²) in [5, 5.41) is 3.11. The van der Waals surface area contributed by atoms with Gasteiger partial charge in [-0.15, -0.1) is 0 Å². The molecule has 0 atom stereocenters. The van der Waals surface area contributed by atoms with Gasteiger partial charge in [-0.3, -0.25) is 4.79 Å². The summed E-state index contributed by atoms with van der Waals surface area (Å²) in [6.45, 7) is 1.46. The molecule has 0 unspecified atom stereocenters. The first kappa shape index (κ1) is 11.2. The van der Waals surface area contributed by atoms with E-state index in [9.17, 15) is 13.6 Å². The molecule has 1 aliphatic rings. The van der Waals surface area contributed by atoms with Crippen LogP contribution in [0.5, 0.6) is 0 Å². The Kier molecular flexibility index (Phi) is 3.29. The largest absolute Gasteiger partial charge is 0.317 e. The summed E-state index contributed by atoms with van der Waals surface area (Å²) in [4.78, 5) is 11.9. The number of nitrogens with one attached hydrogen (secondary N) is 1. The molecule has 2 rings (SSSR count). The first-order valence-electron chi connectivity index (χ1n) is 5.39. The molecule has 1 heterocycles. The van der Waals surface area contributed by atoms with Gasteiger partial charge in [0.15, 0.2) is 5.78 Å². The molecule has 0 spiro atoms. The highest BCUT2D eigenvalue weighted by Gasteiger charge is 2.26. The van der Waals surface area contributed by atoms with Gasteiger partial charge < -0.3 is 5.32 Å². The number of halogens is 2. The van der Waals surface area contributed by atoms with Crippen LogP contribution >= 0.6 is 0 Å². The summed E-state index contributed by atoms with van der Waals surface area (Å²) in [5.74, 6) is -2.18. The Balaban J connectivity index is 2.26. The van der Waals surface area contributed by atoms with Gasteiger partial charge in [0.25, 0.3) is 0 Å². The van der Waals surface area contributed by atoms with Gasteiger partial charge in [0.1, 0.15) is 11.6 Å². The highest BCUT2D eigenvalue weighted by Crippen LogP contribution is 2.22. The zero-order valence-corrected chi connectivity index (χ0v) is 8.80. The molecule has 2 nitrogen and oxygen atoms in total. The van der Waals surface area contributed by atoms with Crippen LogP contribution < -0.4 is 5.32 Å². The van der Waals surface area contributed by atoms with Gasteiger partial charge in [0.05, 0.1) is 5.56 Å². The van der Waals surface area contributed by atoms with E-state index in [2.05, 4.69) is 5.32 Å². The van der Waals surface area contributed by atoms with Crippen molar-refractivity contribution < 1.29 is 13.6 Å². The minimum absolute atomic E-state index is 0.257. The van der Waals surface area contributed by atoms with E-state index in [-0.39, 0.29) is 11.5 Å². The highest BCUT2D eigenvalue weighted by atomic mass is 19.1. The van der Waals surface area contributed by atoms with Crippen molar-refractivity contribution in [3.8, 4) is 0 Å². The Morgan fingerprint density at radius 1 is 1.19 bits per heavy atom. The number of piperidine rings is 1. The number of Topliss-reactive ketones (excluding diaryl/α,β-unsaturated/α-hetero) is 1. The maximum atomic E-state index is 13.4. The SMILES string of the molecule is O=C(c1c(F)cccc1F)C1CCNCC1. The molecule has 1 aromatic rings. The molecule has 1 aromatic carbocycles. The lowest BCUT2D eigenvalue weighted by atomic mass is 9.89. The van der Waals surface area contributed by atoms with E-state index in [0.29, 0.717) is 12.8 Å². The molecule has 0 amide bonds. The fourth-order valence-electron chi connectivity index (χ4n) is 2.02. The number of hydrogen-bond donors (Lipinski definition) is 1. The third kappa shape index (κ3) is 2.11. The van der Waals surface area contributed by atoms with Crippen molar-refractivity contribution in [2.24, 2.45) is 5.92 Å². The molecule has 86 valence electrons. The highest BCUT2D eigenvalue weighted by molar-refractivity contribution is 5.98. The normalized spacial score (nSPS) is 17.4. The Bertz CT molecular complexity index is 380. The van der Waals surface area contributed by atoms with Gasteiger partial charge in [0.2, 0.25) is 0 Å². The first-order valence-corrected chi connectivity index (χ1v) is 5.39. The van der Waals surface area contributed by atoms with Crippen molar-refractivity contribution in [3.63, 3.8) is 0 Å². The van der Waals surface area contributed by atoms with E-state index in [1.807, 2.05) is 0 Å². The number of hydrogen-bond acceptors (Lipinski definition) is 2. The van der Waals surface area contributed by atoms with Crippen LogP contribution in [0.4, 0.5) is 8.78 Å². The van der Waals surface area contributed by atoms with Gasteiger partial charge >= 0.3 is 0 Å². The van der Waals surface area contributed by atoms with Gasteiger partial charge in [-0.05, 0) is 38.1 Å². The molecule has 1 aliphatic heterocycles. The van der Waals surface area contributed by atoms with Crippen molar-refractivity contribution in [2.45, 2.75) is 12.8 Å². The van der Waals surface area contributed by atoms with E-state index < -0.39 is 17.4 Å². The third-order valence-electron chi connectivity index (χ3n) is 2.92. The van der Waals surface area contributed by atoms with E-state index >= 15 is 0 Å². The topological polar surface area (TPSA) is 29.1 Å². The molecule has 1 fully saturated rings. The Morgan fingerprint density at radius 3 is 2.31 bits per heavy atom. The summed E-state index contributed by atoms with van der Waals surface area (Å²) in [6, 6.07) is 3.51. The molecule has 4 heteroatoms. The number of rotatable bonds is 2. The van der Waals surface area contributed by atoms with Crippen LogP contribution in [0.3, 0.4) is 0 Å². The summed E-state index contributed by atoms with van der Waals surface area (Å²) < 4.78 is 26.8. The fraction of sp³-hybridized carbons (Fsp3) is 0.417. The van der Waals surface area contributed by atoms with Crippen LogP contribution in [0, 0.1) is 17.6 Å². The first-order chi connectivity index (χ1) is 7.70. The quantitative estimate of drug-likeness (QED) is 0.781. The average molecular weight is 225 g/mol. The molecule has 0 aromatic heterocycles. The molecular formula is C12H13F2NO. The summed E-state index contributed by atoms with van der Waals surface area (Å²) >= 11 is 0. The second-order valence-corrected chi connectivity index (χ2v) is 3.99. The van der Waals surface area contributed by atoms with Crippen molar-refractivity contribution in [3.05, 3.63) is 35.4 Å². The van der Waals surface area contributed by atoms with E-state index in [1.165, 1.54) is 6.07 Å². The smallest absolute Gasteiger partial charge is 0.171 e. The van der Waals surface area contributed by atoms with E-state index in [1.54, 1.807) is 0 Å². The van der Waals surface area contributed by atoms with E-state index in [0.717, 1.165) is 25.2 Å². The van der Waals surface area contributed by atoms with Crippen molar-refractivity contribution in [1.82, 2.24) is 5.32 Å². The maximum absolute atomic E-state index is 13.4. The predicted octanol–water partition coefficient (Wildman–Crippen LogP) is 2.15. The molecule has 1 saturated heterocycles. The molecule has 0 aliphatic carbocycles. The van der Waals surface area contributed by atoms with Crippen LogP contribution in [0.1, 0.15) is 23.2 Å². The summed E-state index contributed by atoms with van der Waals surface area (Å²) in [5.41, 5.74) is -0.380. The summed E-state index contributed by atoms with van der Waals surface area (Å²) in [6.07, 6.45) is 1.29. The van der Waals surface area contributed by atoms with Crippen LogP contribution in [-0.2, 0) is 0 Å². The third-order valence-corrected chi connectivity index (χ3v) is 2.92. The monoisotopic (exact) mass is 225 g/mol. The van der Waals surface area contributed by atoms with Crippen molar-refractivity contribution >= 4 is 5.78 Å². The predicted molar refractivity (Wildman–Crippen MR) is 56.3 cm³/mol. The Labute approximate surface area is 92.7 Å². The lowest BCUT2D eigenvalue weighted by Crippen LogP contribution is -2.32. The van der Waals surface area contributed by atoms with Crippen LogP contribution in [0.25, 0.3) is 0 Å². The zero-order chi connectivity index (χ0) is 11.5. The molecule has 0 radical (unpaired) electrons. The average Bonchev–Trinajstić information content (AvgIpc) is 2.30. The zero-order valence-electron chi connectivity index (χ0n) is 8.80.